The molecular weight excluding hydrogens is 476 g/mol. The molecule has 0 N–H and O–H groups in total. The Hall–Kier alpha value is -5.27. The lowest BCUT2D eigenvalue weighted by Gasteiger charge is -2.25. The van der Waals surface area contributed by atoms with Gasteiger partial charge in [-0.3, -0.25) is 19.8 Å². The molecule has 0 unspecified atom stereocenters. The first-order valence-electron chi connectivity index (χ1n) is 12.0. The van der Waals surface area contributed by atoms with E-state index in [4.69, 9.17) is 0 Å². The van der Waals surface area contributed by atoms with Gasteiger partial charge in [-0.25, -0.2) is 0 Å². The molecule has 0 fully saturated rings. The highest BCUT2D eigenvalue weighted by molar-refractivity contribution is 6.02. The van der Waals surface area contributed by atoms with Crippen molar-refractivity contribution in [2.24, 2.45) is 0 Å². The standard InChI is InChI=1S/C31H24N4O3/c1-21-17-25(27-11-5-8-14-30(27)35(37)38)18-22(2)26(21)15-16-31(36)34(28-12-6-3-9-23(28)19-32)29-13-7-4-10-24(29)20-33/h3-14,17-18H,15-16H2,1-2H3. The Morgan fingerprint density at radius 3 is 1.87 bits per heavy atom. The molecule has 0 heterocycles. The smallest absolute Gasteiger partial charge is 0.277 e. The van der Waals surface area contributed by atoms with E-state index < -0.39 is 0 Å². The van der Waals surface area contributed by atoms with Crippen molar-refractivity contribution >= 4 is 23.0 Å². The SMILES string of the molecule is Cc1cc(-c2ccccc2[N+](=O)[O-])cc(C)c1CCC(=O)N(c1ccccc1C#N)c1ccccc1C#N. The summed E-state index contributed by atoms with van der Waals surface area (Å²) < 4.78 is 0. The van der Waals surface area contributed by atoms with Crippen molar-refractivity contribution in [2.45, 2.75) is 26.7 Å². The Morgan fingerprint density at radius 1 is 0.842 bits per heavy atom. The number of carbonyl (C=O) groups excluding carboxylic acids is 1. The van der Waals surface area contributed by atoms with Crippen LogP contribution in [0.5, 0.6) is 0 Å². The third-order valence-corrected chi connectivity index (χ3v) is 6.48. The van der Waals surface area contributed by atoms with Gasteiger partial charge >= 0.3 is 0 Å². The zero-order valence-corrected chi connectivity index (χ0v) is 21.0. The number of nitro benzene ring substituents is 1. The highest BCUT2D eigenvalue weighted by atomic mass is 16.6. The van der Waals surface area contributed by atoms with Gasteiger partial charge in [-0.1, -0.05) is 48.5 Å². The third-order valence-electron chi connectivity index (χ3n) is 6.48. The maximum absolute atomic E-state index is 13.7. The molecule has 1 amide bonds. The van der Waals surface area contributed by atoms with Crippen LogP contribution in [0, 0.1) is 46.6 Å². The minimum Gasteiger partial charge on any atom is -0.278 e. The highest BCUT2D eigenvalue weighted by Crippen LogP contribution is 2.34. The second-order valence-corrected chi connectivity index (χ2v) is 8.85. The molecule has 38 heavy (non-hydrogen) atoms. The van der Waals surface area contributed by atoms with Gasteiger partial charge in [0.15, 0.2) is 0 Å². The number of benzene rings is 4. The van der Waals surface area contributed by atoms with Gasteiger partial charge in [0, 0.05) is 12.5 Å². The van der Waals surface area contributed by atoms with Crippen LogP contribution in [-0.4, -0.2) is 10.8 Å². The number of nitrogens with zero attached hydrogens (tertiary/aromatic N) is 4. The number of hydrogen-bond acceptors (Lipinski definition) is 5. The normalized spacial score (nSPS) is 10.3. The van der Waals surface area contributed by atoms with Crippen molar-refractivity contribution in [1.29, 1.82) is 10.5 Å². The van der Waals surface area contributed by atoms with Gasteiger partial charge in [0.05, 0.1) is 33.0 Å². The number of rotatable bonds is 7. The van der Waals surface area contributed by atoms with Gasteiger partial charge in [-0.05, 0) is 72.9 Å². The van der Waals surface area contributed by atoms with E-state index in [2.05, 4.69) is 12.1 Å². The van der Waals surface area contributed by atoms with Crippen LogP contribution in [-0.2, 0) is 11.2 Å². The van der Waals surface area contributed by atoms with E-state index in [1.807, 2.05) is 26.0 Å². The fraction of sp³-hybridized carbons (Fsp3) is 0.129. The molecule has 186 valence electrons. The molecule has 0 bridgehead atoms. The molecule has 0 atom stereocenters. The molecule has 0 saturated carbocycles. The van der Waals surface area contributed by atoms with Crippen LogP contribution >= 0.6 is 0 Å². The average molecular weight is 501 g/mol. The molecule has 0 aliphatic heterocycles. The Morgan fingerprint density at radius 2 is 1.34 bits per heavy atom. The molecule has 4 rings (SSSR count). The second-order valence-electron chi connectivity index (χ2n) is 8.85. The minimum atomic E-state index is -0.390. The lowest BCUT2D eigenvalue weighted by atomic mass is 9.92. The minimum absolute atomic E-state index is 0.0391. The molecule has 0 aliphatic rings. The number of anilines is 2. The summed E-state index contributed by atoms with van der Waals surface area (Å²) in [5, 5.41) is 30.9. The van der Waals surface area contributed by atoms with Crippen molar-refractivity contribution in [3.05, 3.63) is 123 Å². The highest BCUT2D eigenvalue weighted by Gasteiger charge is 2.24. The average Bonchev–Trinajstić information content (AvgIpc) is 2.93. The second kappa shape index (κ2) is 11.2. The number of nitro groups is 1. The maximum atomic E-state index is 13.7. The van der Waals surface area contributed by atoms with Gasteiger partial charge in [-0.15, -0.1) is 0 Å². The first-order chi connectivity index (χ1) is 18.3. The zero-order chi connectivity index (χ0) is 27.2. The van der Waals surface area contributed by atoms with Crippen molar-refractivity contribution in [3.8, 4) is 23.3 Å². The number of nitriles is 2. The summed E-state index contributed by atoms with van der Waals surface area (Å²) in [5.74, 6) is -0.253. The predicted octanol–water partition coefficient (Wildman–Crippen LogP) is 6.92. The monoisotopic (exact) mass is 500 g/mol. The molecule has 4 aromatic rings. The summed E-state index contributed by atoms with van der Waals surface area (Å²) >= 11 is 0. The first kappa shape index (κ1) is 25.8. The summed E-state index contributed by atoms with van der Waals surface area (Å²) in [4.78, 5) is 26.3. The van der Waals surface area contributed by atoms with E-state index in [9.17, 15) is 25.4 Å². The van der Waals surface area contributed by atoms with E-state index in [0.717, 1.165) is 22.3 Å². The first-order valence-corrected chi connectivity index (χ1v) is 12.0. The molecule has 0 aromatic heterocycles. The summed E-state index contributed by atoms with van der Waals surface area (Å²) in [7, 11) is 0. The number of hydrogen-bond donors (Lipinski definition) is 0. The predicted molar refractivity (Wildman–Crippen MR) is 146 cm³/mol. The fourth-order valence-electron chi connectivity index (χ4n) is 4.69. The van der Waals surface area contributed by atoms with Crippen LogP contribution in [0.2, 0.25) is 0 Å². The fourth-order valence-corrected chi connectivity index (χ4v) is 4.69. The largest absolute Gasteiger partial charge is 0.278 e. The van der Waals surface area contributed by atoms with Gasteiger partial charge in [0.2, 0.25) is 5.91 Å². The van der Waals surface area contributed by atoms with Crippen LogP contribution in [0.15, 0.2) is 84.9 Å². The summed E-state index contributed by atoms with van der Waals surface area (Å²) in [5.41, 5.74) is 5.64. The van der Waals surface area contributed by atoms with Crippen LogP contribution < -0.4 is 4.90 Å². The van der Waals surface area contributed by atoms with Gasteiger partial charge < -0.3 is 0 Å². The maximum Gasteiger partial charge on any atom is 0.277 e. The molecule has 0 spiro atoms. The lowest BCUT2D eigenvalue weighted by Crippen LogP contribution is -2.27. The molecular formula is C31H24N4O3. The van der Waals surface area contributed by atoms with Crippen LogP contribution in [0.3, 0.4) is 0 Å². The van der Waals surface area contributed by atoms with Crippen molar-refractivity contribution < 1.29 is 9.72 Å². The van der Waals surface area contributed by atoms with E-state index in [1.54, 1.807) is 66.7 Å². The zero-order valence-electron chi connectivity index (χ0n) is 21.0. The van der Waals surface area contributed by atoms with Crippen LogP contribution in [0.4, 0.5) is 17.1 Å². The number of carbonyl (C=O) groups is 1. The lowest BCUT2D eigenvalue weighted by molar-refractivity contribution is -0.384. The quantitative estimate of drug-likeness (QED) is 0.202. The van der Waals surface area contributed by atoms with Gasteiger partial charge in [-0.2, -0.15) is 10.5 Å². The third kappa shape index (κ3) is 5.13. The number of amides is 1. The number of aryl methyl sites for hydroxylation is 2. The summed E-state index contributed by atoms with van der Waals surface area (Å²) in [6.07, 6.45) is 0.555. The summed E-state index contributed by atoms with van der Waals surface area (Å²) in [6.45, 7) is 3.86. The summed E-state index contributed by atoms with van der Waals surface area (Å²) in [6, 6.07) is 28.3. The Kier molecular flexibility index (Phi) is 7.61. The topological polar surface area (TPSA) is 111 Å². The van der Waals surface area contributed by atoms with Gasteiger partial charge in [0.25, 0.3) is 5.69 Å². The van der Waals surface area contributed by atoms with E-state index in [1.165, 1.54) is 11.0 Å². The molecule has 0 radical (unpaired) electrons. The number of para-hydroxylation sites is 3. The molecule has 4 aromatic carbocycles. The van der Waals surface area contributed by atoms with Crippen molar-refractivity contribution in [2.75, 3.05) is 4.90 Å². The van der Waals surface area contributed by atoms with Crippen LogP contribution in [0.25, 0.3) is 11.1 Å². The Bertz CT molecular complexity index is 1550. The molecule has 0 saturated heterocycles. The van der Waals surface area contributed by atoms with Crippen LogP contribution in [0.1, 0.15) is 34.2 Å². The van der Waals surface area contributed by atoms with Crippen molar-refractivity contribution in [1.82, 2.24) is 0 Å². The van der Waals surface area contributed by atoms with E-state index in [-0.39, 0.29) is 22.9 Å². The molecule has 7 heteroatoms. The Labute approximate surface area is 221 Å². The molecule has 7 nitrogen and oxygen atoms in total. The molecule has 0 aliphatic carbocycles. The van der Waals surface area contributed by atoms with Gasteiger partial charge in [0.1, 0.15) is 12.1 Å². The van der Waals surface area contributed by atoms with Crippen molar-refractivity contribution in [3.63, 3.8) is 0 Å². The van der Waals surface area contributed by atoms with E-state index in [0.29, 0.717) is 34.5 Å². The van der Waals surface area contributed by atoms with E-state index >= 15 is 0 Å². The Balaban J connectivity index is 1.68.